The summed E-state index contributed by atoms with van der Waals surface area (Å²) < 4.78 is 0. The minimum Gasteiger partial charge on any atom is -0.392 e. The molecular weight excluding hydrogens is 272 g/mol. The predicted octanol–water partition coefficient (Wildman–Crippen LogP) is 4.42. The maximum Gasteiger partial charge on any atom is 0.0978 e. The maximum atomic E-state index is 10.1. The van der Waals surface area contributed by atoms with E-state index in [0.717, 1.165) is 24.8 Å². The topological polar surface area (TPSA) is 40.5 Å². The SMILES string of the molecule is C=CC(C)(O)/C=C/[C@@H]1C(=C)CC[C@H](C/C=C(\C)CO)C1(C)C. The van der Waals surface area contributed by atoms with Crippen LogP contribution in [0.25, 0.3) is 0 Å². The second-order valence-corrected chi connectivity index (χ2v) is 7.43. The number of aliphatic hydroxyl groups is 2. The van der Waals surface area contributed by atoms with Crippen molar-refractivity contribution in [3.05, 3.63) is 48.6 Å². The molecule has 1 fully saturated rings. The van der Waals surface area contributed by atoms with E-state index in [4.69, 9.17) is 5.11 Å². The van der Waals surface area contributed by atoms with Crippen LogP contribution in [0.3, 0.4) is 0 Å². The predicted molar refractivity (Wildman–Crippen MR) is 94.6 cm³/mol. The summed E-state index contributed by atoms with van der Waals surface area (Å²) in [7, 11) is 0. The first kappa shape index (κ1) is 18.9. The van der Waals surface area contributed by atoms with Crippen LogP contribution in [0.15, 0.2) is 48.6 Å². The first-order valence-electron chi connectivity index (χ1n) is 8.13. The Balaban J connectivity index is 2.96. The molecule has 0 aliphatic heterocycles. The van der Waals surface area contributed by atoms with Crippen LogP contribution in [0.2, 0.25) is 0 Å². The summed E-state index contributed by atoms with van der Waals surface area (Å²) in [6, 6.07) is 0. The van der Waals surface area contributed by atoms with Crippen LogP contribution in [0.1, 0.15) is 47.0 Å². The monoisotopic (exact) mass is 304 g/mol. The van der Waals surface area contributed by atoms with Gasteiger partial charge in [-0.1, -0.05) is 62.5 Å². The summed E-state index contributed by atoms with van der Waals surface area (Å²) in [4.78, 5) is 0. The summed E-state index contributed by atoms with van der Waals surface area (Å²) in [5.41, 5.74) is 1.37. The lowest BCUT2D eigenvalue weighted by molar-refractivity contribution is 0.124. The fraction of sp³-hybridized carbons (Fsp3) is 0.600. The molecule has 124 valence electrons. The van der Waals surface area contributed by atoms with Gasteiger partial charge < -0.3 is 10.2 Å². The molecule has 0 saturated heterocycles. The van der Waals surface area contributed by atoms with Gasteiger partial charge in [-0.3, -0.25) is 0 Å². The van der Waals surface area contributed by atoms with Crippen molar-refractivity contribution in [1.29, 1.82) is 0 Å². The number of rotatable bonds is 6. The minimum absolute atomic E-state index is 0.0787. The second-order valence-electron chi connectivity index (χ2n) is 7.43. The highest BCUT2D eigenvalue weighted by molar-refractivity contribution is 5.22. The molecule has 0 aromatic rings. The Labute approximate surface area is 135 Å². The molecule has 0 heterocycles. The molecular formula is C20H32O2. The van der Waals surface area contributed by atoms with Crippen LogP contribution in [-0.4, -0.2) is 22.4 Å². The third-order valence-electron chi connectivity index (χ3n) is 5.15. The number of aliphatic hydroxyl groups excluding tert-OH is 1. The van der Waals surface area contributed by atoms with Gasteiger partial charge in [0.25, 0.3) is 0 Å². The molecule has 1 aliphatic carbocycles. The van der Waals surface area contributed by atoms with Crippen molar-refractivity contribution in [1.82, 2.24) is 0 Å². The molecule has 0 aromatic heterocycles. The summed E-state index contributed by atoms with van der Waals surface area (Å²) in [6.07, 6.45) is 10.8. The number of hydrogen-bond acceptors (Lipinski definition) is 2. The summed E-state index contributed by atoms with van der Waals surface area (Å²) in [5.74, 6) is 0.795. The summed E-state index contributed by atoms with van der Waals surface area (Å²) in [6.45, 7) is 16.3. The van der Waals surface area contributed by atoms with E-state index in [9.17, 15) is 5.11 Å². The van der Waals surface area contributed by atoms with Gasteiger partial charge in [-0.25, -0.2) is 0 Å². The van der Waals surface area contributed by atoms with Crippen LogP contribution < -0.4 is 0 Å². The molecule has 3 atom stereocenters. The molecule has 2 N–H and O–H groups in total. The lowest BCUT2D eigenvalue weighted by Crippen LogP contribution is -2.37. The van der Waals surface area contributed by atoms with E-state index in [0.29, 0.717) is 5.92 Å². The largest absolute Gasteiger partial charge is 0.392 e. The van der Waals surface area contributed by atoms with E-state index in [1.165, 1.54) is 5.57 Å². The standard InChI is InChI=1S/C20H32O2/c1-7-20(6,22)13-12-18-16(3)9-11-17(19(18,4)5)10-8-15(2)14-21/h7-8,12-13,17-18,21-22H,1,3,9-11,14H2,2,4-6H3/b13-12+,15-8+/t17-,18+,20?/m0/s1. The van der Waals surface area contributed by atoms with E-state index in [-0.39, 0.29) is 17.9 Å². The Hall–Kier alpha value is -1.12. The molecule has 2 nitrogen and oxygen atoms in total. The zero-order valence-electron chi connectivity index (χ0n) is 14.6. The molecule has 22 heavy (non-hydrogen) atoms. The van der Waals surface area contributed by atoms with Crippen LogP contribution in [0.5, 0.6) is 0 Å². The Morgan fingerprint density at radius 1 is 1.45 bits per heavy atom. The van der Waals surface area contributed by atoms with Crippen molar-refractivity contribution >= 4 is 0 Å². The molecule has 0 bridgehead atoms. The van der Waals surface area contributed by atoms with Crippen LogP contribution >= 0.6 is 0 Å². The molecule has 0 radical (unpaired) electrons. The molecule has 0 spiro atoms. The van der Waals surface area contributed by atoms with E-state index in [1.807, 2.05) is 13.0 Å². The summed E-state index contributed by atoms with van der Waals surface area (Å²) >= 11 is 0. The molecule has 0 aromatic carbocycles. The Kier molecular flexibility index (Phi) is 6.39. The molecule has 1 unspecified atom stereocenters. The van der Waals surface area contributed by atoms with E-state index in [1.54, 1.807) is 13.0 Å². The second kappa shape index (κ2) is 7.43. The van der Waals surface area contributed by atoms with E-state index < -0.39 is 5.60 Å². The highest BCUT2D eigenvalue weighted by Crippen LogP contribution is 2.49. The lowest BCUT2D eigenvalue weighted by Gasteiger charge is -2.45. The third-order valence-corrected chi connectivity index (χ3v) is 5.15. The van der Waals surface area contributed by atoms with Crippen molar-refractivity contribution in [3.63, 3.8) is 0 Å². The fourth-order valence-electron chi connectivity index (χ4n) is 3.24. The van der Waals surface area contributed by atoms with Gasteiger partial charge in [0.05, 0.1) is 12.2 Å². The van der Waals surface area contributed by atoms with Gasteiger partial charge in [0.1, 0.15) is 0 Å². The van der Waals surface area contributed by atoms with Gasteiger partial charge >= 0.3 is 0 Å². The average molecular weight is 304 g/mol. The first-order valence-corrected chi connectivity index (χ1v) is 8.13. The van der Waals surface area contributed by atoms with Crippen LogP contribution in [0.4, 0.5) is 0 Å². The van der Waals surface area contributed by atoms with Crippen molar-refractivity contribution in [2.45, 2.75) is 52.6 Å². The fourth-order valence-corrected chi connectivity index (χ4v) is 3.24. The van der Waals surface area contributed by atoms with Crippen molar-refractivity contribution in [2.24, 2.45) is 17.3 Å². The van der Waals surface area contributed by atoms with Gasteiger partial charge in [0.2, 0.25) is 0 Å². The van der Waals surface area contributed by atoms with Gasteiger partial charge in [0, 0.05) is 5.92 Å². The van der Waals surface area contributed by atoms with Gasteiger partial charge in [-0.2, -0.15) is 0 Å². The van der Waals surface area contributed by atoms with E-state index in [2.05, 4.69) is 39.2 Å². The normalized spacial score (nSPS) is 28.6. The Morgan fingerprint density at radius 3 is 2.64 bits per heavy atom. The van der Waals surface area contributed by atoms with Crippen molar-refractivity contribution in [3.8, 4) is 0 Å². The highest BCUT2D eigenvalue weighted by atomic mass is 16.3. The Morgan fingerprint density at radius 2 is 2.09 bits per heavy atom. The highest BCUT2D eigenvalue weighted by Gasteiger charge is 2.40. The quantitative estimate of drug-likeness (QED) is 0.713. The lowest BCUT2D eigenvalue weighted by atomic mass is 9.59. The number of allylic oxidation sites excluding steroid dienone is 3. The molecule has 1 aliphatic rings. The van der Waals surface area contributed by atoms with Gasteiger partial charge in [-0.15, -0.1) is 0 Å². The van der Waals surface area contributed by atoms with Gasteiger partial charge in [0.15, 0.2) is 0 Å². The molecule has 1 rings (SSSR count). The number of hydrogen-bond donors (Lipinski definition) is 2. The van der Waals surface area contributed by atoms with Crippen molar-refractivity contribution in [2.75, 3.05) is 6.61 Å². The molecule has 1 saturated carbocycles. The smallest absolute Gasteiger partial charge is 0.0978 e. The van der Waals surface area contributed by atoms with Gasteiger partial charge in [-0.05, 0) is 44.4 Å². The average Bonchev–Trinajstić information content (AvgIpc) is 2.45. The zero-order valence-corrected chi connectivity index (χ0v) is 14.6. The third kappa shape index (κ3) is 4.69. The van der Waals surface area contributed by atoms with Crippen LogP contribution in [0, 0.1) is 17.3 Å². The Bertz CT molecular complexity index is 466. The summed E-state index contributed by atoms with van der Waals surface area (Å²) in [5, 5.41) is 19.3. The first-order chi connectivity index (χ1) is 10.1. The van der Waals surface area contributed by atoms with E-state index >= 15 is 0 Å². The maximum absolute atomic E-state index is 10.1. The minimum atomic E-state index is -0.976. The zero-order chi connectivity index (χ0) is 17.0. The molecule has 2 heteroatoms. The van der Waals surface area contributed by atoms with Crippen molar-refractivity contribution < 1.29 is 10.2 Å². The molecule has 0 amide bonds. The van der Waals surface area contributed by atoms with Crippen LogP contribution in [-0.2, 0) is 0 Å².